The van der Waals surface area contributed by atoms with Gasteiger partial charge in [-0.15, -0.1) is 0 Å². The van der Waals surface area contributed by atoms with Crippen LogP contribution in [0.4, 0.5) is 0 Å². The molecule has 2 fully saturated rings. The predicted molar refractivity (Wildman–Crippen MR) is 72.2 cm³/mol. The summed E-state index contributed by atoms with van der Waals surface area (Å²) >= 11 is 0. The monoisotopic (exact) mass is 229 g/mol. The maximum absolute atomic E-state index is 2.79. The highest BCUT2D eigenvalue weighted by Gasteiger charge is 2.46. The van der Waals surface area contributed by atoms with Gasteiger partial charge in [0.25, 0.3) is 0 Å². The smallest absolute Gasteiger partial charge is 0.0214 e. The van der Waals surface area contributed by atoms with Crippen molar-refractivity contribution in [2.24, 2.45) is 0 Å². The van der Waals surface area contributed by atoms with Gasteiger partial charge >= 0.3 is 0 Å². The van der Waals surface area contributed by atoms with Crippen LogP contribution in [0.15, 0.2) is 30.3 Å². The highest BCUT2D eigenvalue weighted by Crippen LogP contribution is 2.46. The van der Waals surface area contributed by atoms with E-state index < -0.39 is 0 Å². The van der Waals surface area contributed by atoms with Crippen LogP contribution in [-0.4, -0.2) is 23.5 Å². The molecule has 0 unspecified atom stereocenters. The van der Waals surface area contributed by atoms with Gasteiger partial charge in [-0.05, 0) is 57.2 Å². The highest BCUT2D eigenvalue weighted by atomic mass is 15.2. The van der Waals surface area contributed by atoms with E-state index in [4.69, 9.17) is 0 Å². The van der Waals surface area contributed by atoms with Crippen LogP contribution < -0.4 is 0 Å². The average Bonchev–Trinajstić information content (AvgIpc) is 3.20. The first-order chi connectivity index (χ1) is 8.39. The molecule has 1 aliphatic carbocycles. The quantitative estimate of drug-likeness (QED) is 0.762. The number of aryl methyl sites for hydroxylation is 1. The minimum atomic E-state index is 0.607. The molecule has 0 bridgehead atoms. The summed E-state index contributed by atoms with van der Waals surface area (Å²) in [6.07, 6.45) is 9.82. The van der Waals surface area contributed by atoms with Gasteiger partial charge in [0.1, 0.15) is 0 Å². The van der Waals surface area contributed by atoms with Crippen molar-refractivity contribution in [3.8, 4) is 0 Å². The second kappa shape index (κ2) is 4.81. The largest absolute Gasteiger partial charge is 0.298 e. The molecule has 17 heavy (non-hydrogen) atoms. The van der Waals surface area contributed by atoms with Crippen LogP contribution in [0.2, 0.25) is 0 Å². The molecule has 1 aliphatic heterocycles. The Morgan fingerprint density at radius 1 is 0.941 bits per heavy atom. The van der Waals surface area contributed by atoms with E-state index in [1.807, 2.05) is 0 Å². The number of nitrogens with zero attached hydrogens (tertiary/aromatic N) is 1. The Morgan fingerprint density at radius 3 is 2.29 bits per heavy atom. The number of hydrogen-bond donors (Lipinski definition) is 0. The van der Waals surface area contributed by atoms with E-state index >= 15 is 0 Å². The summed E-state index contributed by atoms with van der Waals surface area (Å²) in [4.78, 5) is 2.79. The van der Waals surface area contributed by atoms with E-state index in [2.05, 4.69) is 35.2 Å². The zero-order valence-corrected chi connectivity index (χ0v) is 10.7. The second-order valence-electron chi connectivity index (χ2n) is 5.76. The van der Waals surface area contributed by atoms with E-state index in [0.717, 1.165) is 0 Å². The van der Waals surface area contributed by atoms with Crippen LogP contribution in [0, 0.1) is 0 Å². The number of rotatable bonds is 4. The molecule has 1 saturated heterocycles. The van der Waals surface area contributed by atoms with Crippen LogP contribution in [0.1, 0.15) is 44.1 Å². The molecule has 1 nitrogen and oxygen atoms in total. The van der Waals surface area contributed by atoms with Crippen LogP contribution in [0.5, 0.6) is 0 Å². The van der Waals surface area contributed by atoms with Gasteiger partial charge in [0.2, 0.25) is 0 Å². The van der Waals surface area contributed by atoms with Gasteiger partial charge in [0, 0.05) is 5.54 Å². The molecule has 0 aromatic heterocycles. The molecule has 1 heteroatoms. The molecule has 0 atom stereocenters. The van der Waals surface area contributed by atoms with Crippen LogP contribution >= 0.6 is 0 Å². The lowest BCUT2D eigenvalue weighted by Crippen LogP contribution is -2.41. The van der Waals surface area contributed by atoms with Crippen LogP contribution in [-0.2, 0) is 6.42 Å². The number of benzene rings is 1. The van der Waals surface area contributed by atoms with Crippen molar-refractivity contribution in [1.82, 2.24) is 4.90 Å². The third-order valence-electron chi connectivity index (χ3n) is 4.58. The third-order valence-corrected chi connectivity index (χ3v) is 4.58. The summed E-state index contributed by atoms with van der Waals surface area (Å²) in [6, 6.07) is 11.0. The summed E-state index contributed by atoms with van der Waals surface area (Å²) in [6.45, 7) is 2.71. The number of hydrogen-bond acceptors (Lipinski definition) is 1. The Labute approximate surface area is 105 Å². The molecule has 1 heterocycles. The Kier molecular flexibility index (Phi) is 3.19. The minimum absolute atomic E-state index is 0.607. The number of likely N-dealkylation sites (tertiary alicyclic amines) is 1. The molecule has 1 saturated carbocycles. The van der Waals surface area contributed by atoms with Crippen molar-refractivity contribution in [2.75, 3.05) is 13.1 Å². The van der Waals surface area contributed by atoms with Gasteiger partial charge in [-0.3, -0.25) is 4.90 Å². The fourth-order valence-corrected chi connectivity index (χ4v) is 3.26. The van der Waals surface area contributed by atoms with E-state index in [1.165, 1.54) is 63.6 Å². The summed E-state index contributed by atoms with van der Waals surface area (Å²) in [5.41, 5.74) is 2.12. The lowest BCUT2D eigenvalue weighted by Gasteiger charge is -2.35. The summed E-state index contributed by atoms with van der Waals surface area (Å²) in [7, 11) is 0. The molecule has 0 spiro atoms. The Hall–Kier alpha value is -0.820. The molecular formula is C16H23N. The third kappa shape index (κ3) is 2.55. The Morgan fingerprint density at radius 2 is 1.65 bits per heavy atom. The van der Waals surface area contributed by atoms with E-state index in [-0.39, 0.29) is 0 Å². The average molecular weight is 229 g/mol. The topological polar surface area (TPSA) is 3.24 Å². The lowest BCUT2D eigenvalue weighted by atomic mass is 10.00. The van der Waals surface area contributed by atoms with Gasteiger partial charge in [-0.25, -0.2) is 0 Å². The van der Waals surface area contributed by atoms with Gasteiger partial charge in [-0.1, -0.05) is 36.8 Å². The van der Waals surface area contributed by atoms with Gasteiger partial charge in [0.15, 0.2) is 0 Å². The Bertz CT molecular complexity index is 347. The van der Waals surface area contributed by atoms with Gasteiger partial charge in [0.05, 0.1) is 0 Å². The summed E-state index contributed by atoms with van der Waals surface area (Å²) in [5, 5.41) is 0. The van der Waals surface area contributed by atoms with E-state index in [1.54, 1.807) is 0 Å². The first kappa shape index (κ1) is 11.3. The molecule has 3 rings (SSSR count). The fraction of sp³-hybridized carbons (Fsp3) is 0.625. The molecule has 1 aromatic rings. The van der Waals surface area contributed by atoms with Crippen LogP contribution in [0.3, 0.4) is 0 Å². The first-order valence-corrected chi connectivity index (χ1v) is 7.18. The van der Waals surface area contributed by atoms with E-state index in [9.17, 15) is 0 Å². The lowest BCUT2D eigenvalue weighted by molar-refractivity contribution is 0.137. The SMILES string of the molecule is c1ccc(CCC2(N3CCCCC3)CC2)cc1. The molecule has 0 radical (unpaired) electrons. The van der Waals surface area contributed by atoms with Gasteiger partial charge in [-0.2, -0.15) is 0 Å². The zero-order valence-electron chi connectivity index (χ0n) is 10.7. The van der Waals surface area contributed by atoms with Crippen molar-refractivity contribution in [3.05, 3.63) is 35.9 Å². The van der Waals surface area contributed by atoms with Crippen LogP contribution in [0.25, 0.3) is 0 Å². The fourth-order valence-electron chi connectivity index (χ4n) is 3.26. The standard InChI is InChI=1S/C16H23N/c1-3-7-15(8-4-1)9-10-16(11-12-16)17-13-5-2-6-14-17/h1,3-4,7-8H,2,5-6,9-14H2. The molecule has 2 aliphatic rings. The minimum Gasteiger partial charge on any atom is -0.298 e. The highest BCUT2D eigenvalue weighted by molar-refractivity contribution is 5.16. The van der Waals surface area contributed by atoms with Crippen molar-refractivity contribution >= 4 is 0 Å². The van der Waals surface area contributed by atoms with Crippen molar-refractivity contribution in [2.45, 2.75) is 50.5 Å². The molecule has 92 valence electrons. The van der Waals surface area contributed by atoms with Gasteiger partial charge < -0.3 is 0 Å². The van der Waals surface area contributed by atoms with Crippen molar-refractivity contribution in [1.29, 1.82) is 0 Å². The number of piperidine rings is 1. The van der Waals surface area contributed by atoms with Crippen molar-refractivity contribution in [3.63, 3.8) is 0 Å². The normalized spacial score (nSPS) is 23.5. The maximum atomic E-state index is 2.79. The maximum Gasteiger partial charge on any atom is 0.0214 e. The molecule has 0 N–H and O–H groups in total. The molecular weight excluding hydrogens is 206 g/mol. The van der Waals surface area contributed by atoms with E-state index in [0.29, 0.717) is 5.54 Å². The zero-order chi connectivity index (χ0) is 11.6. The molecule has 0 amide bonds. The second-order valence-corrected chi connectivity index (χ2v) is 5.76. The Balaban J connectivity index is 1.57. The van der Waals surface area contributed by atoms with Crippen molar-refractivity contribution < 1.29 is 0 Å². The predicted octanol–water partition coefficient (Wildman–Crippen LogP) is 3.64. The summed E-state index contributed by atoms with van der Waals surface area (Å²) < 4.78 is 0. The summed E-state index contributed by atoms with van der Waals surface area (Å²) in [5.74, 6) is 0. The first-order valence-electron chi connectivity index (χ1n) is 7.18. The molecule has 1 aromatic carbocycles.